The summed E-state index contributed by atoms with van der Waals surface area (Å²) in [5.74, 6) is 1.09. The molecule has 4 heteroatoms. The van der Waals surface area contributed by atoms with E-state index in [4.69, 9.17) is 16.1 Å². The predicted molar refractivity (Wildman–Crippen MR) is 63.4 cm³/mol. The number of alkyl halides is 1. The van der Waals surface area contributed by atoms with Gasteiger partial charge >= 0.3 is 0 Å². The van der Waals surface area contributed by atoms with Gasteiger partial charge < -0.3 is 4.52 Å². The number of halogens is 1. The second-order valence-corrected chi connectivity index (χ2v) is 4.18. The first-order valence-electron chi connectivity index (χ1n) is 5.26. The summed E-state index contributed by atoms with van der Waals surface area (Å²) in [5, 5.41) is 3.71. The molecule has 84 valence electrons. The summed E-state index contributed by atoms with van der Waals surface area (Å²) in [5.41, 5.74) is 2.07. The van der Waals surface area contributed by atoms with Gasteiger partial charge in [0.2, 0.25) is 0 Å². The number of aromatic nitrogens is 2. The van der Waals surface area contributed by atoms with Crippen molar-refractivity contribution in [1.82, 2.24) is 10.1 Å². The molecule has 0 aliphatic carbocycles. The molecular weight excluding hydrogens is 224 g/mol. The molecule has 0 fully saturated rings. The molecule has 0 N–H and O–H groups in total. The third-order valence-corrected chi connectivity index (χ3v) is 2.96. The Kier molecular flexibility index (Phi) is 3.25. The maximum absolute atomic E-state index is 6.05. The van der Waals surface area contributed by atoms with Crippen molar-refractivity contribution in [2.45, 2.75) is 25.6 Å². The molecule has 0 saturated heterocycles. The van der Waals surface area contributed by atoms with Crippen molar-refractivity contribution in [2.24, 2.45) is 0 Å². The quantitative estimate of drug-likeness (QED) is 0.763. The molecule has 0 amide bonds. The molecular formula is C12H13ClN2O. The highest BCUT2D eigenvalue weighted by Crippen LogP contribution is 2.25. The van der Waals surface area contributed by atoms with E-state index in [1.165, 1.54) is 0 Å². The fourth-order valence-corrected chi connectivity index (χ4v) is 1.56. The Bertz CT molecular complexity index is 481. The first kappa shape index (κ1) is 11.1. The Balaban J connectivity index is 2.35. The molecule has 1 aromatic carbocycles. The normalized spacial score (nSPS) is 12.7. The molecule has 16 heavy (non-hydrogen) atoms. The van der Waals surface area contributed by atoms with Crippen LogP contribution in [0.25, 0.3) is 11.5 Å². The van der Waals surface area contributed by atoms with Crippen molar-refractivity contribution in [2.75, 3.05) is 0 Å². The number of benzene rings is 1. The van der Waals surface area contributed by atoms with Gasteiger partial charge in [0.1, 0.15) is 0 Å². The topological polar surface area (TPSA) is 38.9 Å². The molecule has 1 unspecified atom stereocenters. The average Bonchev–Trinajstić information content (AvgIpc) is 2.78. The molecule has 0 aliphatic rings. The van der Waals surface area contributed by atoms with E-state index in [0.717, 1.165) is 17.5 Å². The van der Waals surface area contributed by atoms with Crippen molar-refractivity contribution < 1.29 is 4.52 Å². The average molecular weight is 237 g/mol. The zero-order valence-electron chi connectivity index (χ0n) is 9.27. The molecule has 1 aromatic heterocycles. The second-order valence-electron chi connectivity index (χ2n) is 3.65. The van der Waals surface area contributed by atoms with E-state index in [-0.39, 0.29) is 5.38 Å². The summed E-state index contributed by atoms with van der Waals surface area (Å²) in [6.45, 7) is 4.00. The van der Waals surface area contributed by atoms with Crippen LogP contribution in [0, 0.1) is 6.92 Å². The SMILES string of the molecule is CCC(Cl)c1noc(-c2ccccc2C)n1. The van der Waals surface area contributed by atoms with E-state index in [1.807, 2.05) is 38.1 Å². The lowest BCUT2D eigenvalue weighted by Crippen LogP contribution is -1.91. The van der Waals surface area contributed by atoms with Gasteiger partial charge in [-0.25, -0.2) is 0 Å². The van der Waals surface area contributed by atoms with E-state index in [2.05, 4.69) is 10.1 Å². The van der Waals surface area contributed by atoms with Gasteiger partial charge in [0.15, 0.2) is 5.82 Å². The lowest BCUT2D eigenvalue weighted by Gasteiger charge is -1.98. The summed E-state index contributed by atoms with van der Waals surface area (Å²) in [6, 6.07) is 7.90. The number of nitrogens with zero attached hydrogens (tertiary/aromatic N) is 2. The van der Waals surface area contributed by atoms with E-state index in [1.54, 1.807) is 0 Å². The Morgan fingerprint density at radius 3 is 2.81 bits per heavy atom. The van der Waals surface area contributed by atoms with E-state index < -0.39 is 0 Å². The third kappa shape index (κ3) is 2.09. The highest BCUT2D eigenvalue weighted by Gasteiger charge is 2.15. The van der Waals surface area contributed by atoms with Crippen LogP contribution in [0.4, 0.5) is 0 Å². The Morgan fingerprint density at radius 1 is 1.38 bits per heavy atom. The van der Waals surface area contributed by atoms with Crippen molar-refractivity contribution in [3.8, 4) is 11.5 Å². The fourth-order valence-electron chi connectivity index (χ4n) is 1.47. The van der Waals surface area contributed by atoms with Gasteiger partial charge in [-0.15, -0.1) is 11.6 Å². The first-order valence-corrected chi connectivity index (χ1v) is 5.69. The van der Waals surface area contributed by atoms with Crippen LogP contribution in [-0.4, -0.2) is 10.1 Å². The zero-order valence-corrected chi connectivity index (χ0v) is 10.0. The number of rotatable bonds is 3. The largest absolute Gasteiger partial charge is 0.334 e. The molecule has 0 saturated carbocycles. The lowest BCUT2D eigenvalue weighted by molar-refractivity contribution is 0.421. The van der Waals surface area contributed by atoms with Gasteiger partial charge in [0.05, 0.1) is 5.38 Å². The van der Waals surface area contributed by atoms with Gasteiger partial charge in [-0.2, -0.15) is 4.98 Å². The molecule has 1 heterocycles. The Hall–Kier alpha value is -1.35. The summed E-state index contributed by atoms with van der Waals surface area (Å²) < 4.78 is 5.21. The highest BCUT2D eigenvalue weighted by atomic mass is 35.5. The number of hydrogen-bond acceptors (Lipinski definition) is 3. The summed E-state index contributed by atoms with van der Waals surface area (Å²) in [4.78, 5) is 4.30. The molecule has 0 aliphatic heterocycles. The van der Waals surface area contributed by atoms with Gasteiger partial charge in [0.25, 0.3) is 5.89 Å². The van der Waals surface area contributed by atoms with Gasteiger partial charge in [0, 0.05) is 5.56 Å². The minimum Gasteiger partial charge on any atom is -0.334 e. The van der Waals surface area contributed by atoms with Crippen LogP contribution in [0.2, 0.25) is 0 Å². The third-order valence-electron chi connectivity index (χ3n) is 2.46. The van der Waals surface area contributed by atoms with E-state index in [0.29, 0.717) is 11.7 Å². The van der Waals surface area contributed by atoms with Crippen molar-refractivity contribution in [1.29, 1.82) is 0 Å². The maximum atomic E-state index is 6.05. The summed E-state index contributed by atoms with van der Waals surface area (Å²) in [7, 11) is 0. The summed E-state index contributed by atoms with van der Waals surface area (Å²) in [6.07, 6.45) is 0.786. The standard InChI is InChI=1S/C12H13ClN2O/c1-3-10(13)11-14-12(16-15-11)9-7-5-4-6-8(9)2/h4-7,10H,3H2,1-2H3. The minimum atomic E-state index is -0.179. The van der Waals surface area contributed by atoms with Crippen LogP contribution in [0.15, 0.2) is 28.8 Å². The van der Waals surface area contributed by atoms with Gasteiger partial charge in [-0.1, -0.05) is 30.3 Å². The van der Waals surface area contributed by atoms with Crippen LogP contribution in [0.3, 0.4) is 0 Å². The number of aryl methyl sites for hydroxylation is 1. The molecule has 2 rings (SSSR count). The monoisotopic (exact) mass is 236 g/mol. The van der Waals surface area contributed by atoms with Crippen LogP contribution in [0.5, 0.6) is 0 Å². The van der Waals surface area contributed by atoms with E-state index >= 15 is 0 Å². The van der Waals surface area contributed by atoms with Crippen LogP contribution < -0.4 is 0 Å². The van der Waals surface area contributed by atoms with Crippen LogP contribution in [-0.2, 0) is 0 Å². The molecule has 1 atom stereocenters. The lowest BCUT2D eigenvalue weighted by atomic mass is 10.1. The molecule has 0 spiro atoms. The molecule has 0 bridgehead atoms. The van der Waals surface area contributed by atoms with Crippen molar-refractivity contribution in [3.63, 3.8) is 0 Å². The van der Waals surface area contributed by atoms with Gasteiger partial charge in [-0.05, 0) is 25.0 Å². The van der Waals surface area contributed by atoms with Crippen molar-refractivity contribution in [3.05, 3.63) is 35.7 Å². The second kappa shape index (κ2) is 4.66. The molecule has 3 nitrogen and oxygen atoms in total. The van der Waals surface area contributed by atoms with Crippen LogP contribution >= 0.6 is 11.6 Å². The Labute approximate surface area is 99.4 Å². The number of hydrogen-bond donors (Lipinski definition) is 0. The maximum Gasteiger partial charge on any atom is 0.258 e. The Morgan fingerprint density at radius 2 is 2.12 bits per heavy atom. The smallest absolute Gasteiger partial charge is 0.258 e. The fraction of sp³-hybridized carbons (Fsp3) is 0.333. The van der Waals surface area contributed by atoms with Crippen molar-refractivity contribution >= 4 is 11.6 Å². The predicted octanol–water partition coefficient (Wildman–Crippen LogP) is 3.73. The van der Waals surface area contributed by atoms with Gasteiger partial charge in [-0.3, -0.25) is 0 Å². The minimum absolute atomic E-state index is 0.179. The zero-order chi connectivity index (χ0) is 11.5. The van der Waals surface area contributed by atoms with E-state index in [9.17, 15) is 0 Å². The highest BCUT2D eigenvalue weighted by molar-refractivity contribution is 6.20. The van der Waals surface area contributed by atoms with Crippen LogP contribution in [0.1, 0.15) is 30.1 Å². The molecule has 2 aromatic rings. The first-order chi connectivity index (χ1) is 7.72. The molecule has 0 radical (unpaired) electrons. The summed E-state index contributed by atoms with van der Waals surface area (Å²) >= 11 is 6.05.